The van der Waals surface area contributed by atoms with E-state index in [0.29, 0.717) is 30.4 Å². The summed E-state index contributed by atoms with van der Waals surface area (Å²) in [7, 11) is 0. The van der Waals surface area contributed by atoms with Gasteiger partial charge in [0.1, 0.15) is 11.4 Å². The number of benzene rings is 2. The lowest BCUT2D eigenvalue weighted by Crippen LogP contribution is -2.41. The Morgan fingerprint density at radius 3 is 2.31 bits per heavy atom. The smallest absolute Gasteiger partial charge is 0.194 e. The van der Waals surface area contributed by atoms with E-state index in [0.717, 1.165) is 56.8 Å². The van der Waals surface area contributed by atoms with Gasteiger partial charge in [0.15, 0.2) is 5.78 Å². The maximum atomic E-state index is 13.5. The van der Waals surface area contributed by atoms with Crippen molar-refractivity contribution in [2.75, 3.05) is 31.2 Å². The molecule has 0 aromatic heterocycles. The van der Waals surface area contributed by atoms with Crippen molar-refractivity contribution in [3.8, 4) is 0 Å². The third-order valence-corrected chi connectivity index (χ3v) is 6.89. The summed E-state index contributed by atoms with van der Waals surface area (Å²) in [6.45, 7) is 5.00. The van der Waals surface area contributed by atoms with E-state index < -0.39 is 11.5 Å². The molecule has 4 rings (SSSR count). The van der Waals surface area contributed by atoms with Crippen LogP contribution in [0.1, 0.15) is 72.9 Å². The molecule has 1 aliphatic heterocycles. The number of aliphatic hydroxyl groups is 1. The van der Waals surface area contributed by atoms with Gasteiger partial charge in [-0.2, -0.15) is 0 Å². The van der Waals surface area contributed by atoms with Crippen LogP contribution in [0.25, 0.3) is 0 Å². The van der Waals surface area contributed by atoms with Gasteiger partial charge < -0.3 is 14.7 Å². The molecule has 1 N–H and O–H groups in total. The minimum Gasteiger partial charge on any atom is -0.382 e. The Morgan fingerprint density at radius 2 is 1.66 bits per heavy atom. The average molecular weight is 436 g/mol. The number of carbonyl (C=O) groups excluding carboxylic acids is 2. The first kappa shape index (κ1) is 22.7. The van der Waals surface area contributed by atoms with Crippen LogP contribution >= 0.6 is 0 Å². The van der Waals surface area contributed by atoms with Gasteiger partial charge in [-0.25, -0.2) is 0 Å². The average Bonchev–Trinajstić information content (AvgIpc) is 2.85. The number of ether oxygens (including phenoxy) is 1. The van der Waals surface area contributed by atoms with Crippen molar-refractivity contribution < 1.29 is 19.4 Å². The molecular formula is C27H33NO4. The lowest BCUT2D eigenvalue weighted by Gasteiger charge is -2.32. The second-order valence-electron chi connectivity index (χ2n) is 8.95. The van der Waals surface area contributed by atoms with Gasteiger partial charge in [0.2, 0.25) is 0 Å². The van der Waals surface area contributed by atoms with Gasteiger partial charge in [-0.05, 0) is 36.1 Å². The molecule has 1 unspecified atom stereocenters. The Bertz CT molecular complexity index is 940. The number of hydrogen-bond acceptors (Lipinski definition) is 5. The van der Waals surface area contributed by atoms with Gasteiger partial charge in [-0.15, -0.1) is 0 Å². The highest BCUT2D eigenvalue weighted by Gasteiger charge is 2.39. The van der Waals surface area contributed by atoms with Crippen LogP contribution in [-0.2, 0) is 9.53 Å². The summed E-state index contributed by atoms with van der Waals surface area (Å²) in [4.78, 5) is 28.9. The summed E-state index contributed by atoms with van der Waals surface area (Å²) < 4.78 is 5.44. The van der Waals surface area contributed by atoms with Crippen LogP contribution in [0.4, 0.5) is 5.69 Å². The zero-order valence-electron chi connectivity index (χ0n) is 18.9. The summed E-state index contributed by atoms with van der Waals surface area (Å²) in [5.41, 5.74) is 1.84. The van der Waals surface area contributed by atoms with E-state index in [2.05, 4.69) is 17.0 Å². The highest BCUT2D eigenvalue weighted by Crippen LogP contribution is 2.36. The van der Waals surface area contributed by atoms with Crippen LogP contribution in [0.15, 0.2) is 48.5 Å². The molecule has 1 saturated carbocycles. The Morgan fingerprint density at radius 1 is 1.00 bits per heavy atom. The third-order valence-electron chi connectivity index (χ3n) is 6.89. The van der Waals surface area contributed by atoms with Crippen LogP contribution < -0.4 is 4.90 Å². The zero-order chi connectivity index (χ0) is 22.6. The number of ketones is 2. The van der Waals surface area contributed by atoms with Crippen molar-refractivity contribution >= 4 is 17.3 Å². The molecule has 5 nitrogen and oxygen atoms in total. The van der Waals surface area contributed by atoms with E-state index in [1.807, 2.05) is 37.3 Å². The fourth-order valence-electron chi connectivity index (χ4n) is 5.01. The SMILES string of the molecule is CCC(=O)C(c1ccc(N2CCOCC2)cc1)c1ccccc1C(=O)C1(O)CCCCC1. The quantitative estimate of drug-likeness (QED) is 0.648. The van der Waals surface area contributed by atoms with Crippen molar-refractivity contribution in [2.24, 2.45) is 0 Å². The Labute approximate surface area is 190 Å². The predicted octanol–water partition coefficient (Wildman–Crippen LogP) is 4.51. The van der Waals surface area contributed by atoms with Crippen molar-refractivity contribution in [1.29, 1.82) is 0 Å². The van der Waals surface area contributed by atoms with Crippen molar-refractivity contribution in [2.45, 2.75) is 57.0 Å². The fraction of sp³-hybridized carbons (Fsp3) is 0.481. The van der Waals surface area contributed by atoms with Crippen molar-refractivity contribution in [3.05, 3.63) is 65.2 Å². The normalized spacial score (nSPS) is 19.4. The van der Waals surface area contributed by atoms with E-state index in [1.165, 1.54) is 0 Å². The molecular weight excluding hydrogens is 402 g/mol. The first-order chi connectivity index (χ1) is 15.5. The topological polar surface area (TPSA) is 66.8 Å². The zero-order valence-corrected chi connectivity index (χ0v) is 18.9. The predicted molar refractivity (Wildman–Crippen MR) is 125 cm³/mol. The second kappa shape index (κ2) is 9.97. The first-order valence-corrected chi connectivity index (χ1v) is 11.8. The minimum absolute atomic E-state index is 0.0695. The van der Waals surface area contributed by atoms with E-state index >= 15 is 0 Å². The summed E-state index contributed by atoms with van der Waals surface area (Å²) in [6.07, 6.45) is 4.10. The molecule has 5 heteroatoms. The van der Waals surface area contributed by atoms with Gasteiger partial charge in [-0.1, -0.05) is 62.6 Å². The number of rotatable bonds is 7. The molecule has 32 heavy (non-hydrogen) atoms. The summed E-state index contributed by atoms with van der Waals surface area (Å²) in [5, 5.41) is 11.1. The molecule has 2 aromatic rings. The number of morpholine rings is 1. The highest BCUT2D eigenvalue weighted by atomic mass is 16.5. The van der Waals surface area contributed by atoms with Gasteiger partial charge in [0.25, 0.3) is 0 Å². The summed E-state index contributed by atoms with van der Waals surface area (Å²) >= 11 is 0. The van der Waals surface area contributed by atoms with Crippen LogP contribution in [0.3, 0.4) is 0 Å². The number of hydrogen-bond donors (Lipinski definition) is 1. The van der Waals surface area contributed by atoms with Crippen LogP contribution in [-0.4, -0.2) is 48.6 Å². The molecule has 2 aliphatic rings. The van der Waals surface area contributed by atoms with Crippen LogP contribution in [0, 0.1) is 0 Å². The number of anilines is 1. The molecule has 0 bridgehead atoms. The largest absolute Gasteiger partial charge is 0.382 e. The van der Waals surface area contributed by atoms with Crippen LogP contribution in [0.2, 0.25) is 0 Å². The molecule has 1 saturated heterocycles. The maximum Gasteiger partial charge on any atom is 0.194 e. The Balaban J connectivity index is 1.69. The number of carbonyl (C=O) groups is 2. The first-order valence-electron chi connectivity index (χ1n) is 11.8. The standard InChI is InChI=1S/C27H33NO4/c1-2-24(29)25(20-10-12-21(13-11-20)28-16-18-32-19-17-28)22-8-4-5-9-23(22)26(30)27(31)14-6-3-7-15-27/h4-5,8-13,25,31H,2-3,6-7,14-19H2,1H3. The molecule has 1 heterocycles. The molecule has 0 amide bonds. The van der Waals surface area contributed by atoms with E-state index in [-0.39, 0.29) is 11.6 Å². The summed E-state index contributed by atoms with van der Waals surface area (Å²) in [6, 6.07) is 15.4. The van der Waals surface area contributed by atoms with Gasteiger partial charge in [0, 0.05) is 30.8 Å². The second-order valence-corrected chi connectivity index (χ2v) is 8.95. The number of Topliss-reactive ketones (excluding diaryl/α,β-unsaturated/α-hetero) is 2. The van der Waals surface area contributed by atoms with E-state index in [4.69, 9.17) is 4.74 Å². The molecule has 170 valence electrons. The highest BCUT2D eigenvalue weighted by molar-refractivity contribution is 6.05. The molecule has 0 spiro atoms. The van der Waals surface area contributed by atoms with E-state index in [9.17, 15) is 14.7 Å². The maximum absolute atomic E-state index is 13.5. The van der Waals surface area contributed by atoms with Gasteiger partial charge in [-0.3, -0.25) is 9.59 Å². The van der Waals surface area contributed by atoms with Crippen molar-refractivity contribution in [1.82, 2.24) is 0 Å². The van der Waals surface area contributed by atoms with Crippen LogP contribution in [0.5, 0.6) is 0 Å². The monoisotopic (exact) mass is 435 g/mol. The Hall–Kier alpha value is -2.50. The number of nitrogens with zero attached hydrogens (tertiary/aromatic N) is 1. The van der Waals surface area contributed by atoms with Crippen molar-refractivity contribution in [3.63, 3.8) is 0 Å². The summed E-state index contributed by atoms with van der Waals surface area (Å²) in [5.74, 6) is -0.697. The Kier molecular flexibility index (Phi) is 7.07. The minimum atomic E-state index is -1.33. The van der Waals surface area contributed by atoms with E-state index in [1.54, 1.807) is 6.07 Å². The lowest BCUT2D eigenvalue weighted by atomic mass is 9.76. The molecule has 0 radical (unpaired) electrons. The molecule has 1 atom stereocenters. The fourth-order valence-corrected chi connectivity index (χ4v) is 5.01. The van der Waals surface area contributed by atoms with Gasteiger partial charge in [0.05, 0.1) is 19.1 Å². The molecule has 2 aromatic carbocycles. The molecule has 2 fully saturated rings. The lowest BCUT2D eigenvalue weighted by molar-refractivity contribution is -0.119. The van der Waals surface area contributed by atoms with Gasteiger partial charge >= 0.3 is 0 Å². The molecule has 1 aliphatic carbocycles. The third kappa shape index (κ3) is 4.64.